The standard InChI is InChI=1S/C21H25N2/c1-15-16(2)18(4)20(17(15)3)13-21(19-9-7-6-8-10-19)23-12-11-22(5)14-23/h6-12,21H,13H2,1-5H3. The molecule has 0 N–H and O–H groups in total. The van der Waals surface area contributed by atoms with Crippen LogP contribution >= 0.6 is 0 Å². The van der Waals surface area contributed by atoms with E-state index in [2.05, 4.69) is 82.0 Å². The Bertz CT molecular complexity index is 524. The molecule has 1 fully saturated rings. The molecule has 23 heavy (non-hydrogen) atoms. The molecule has 0 amide bonds. The van der Waals surface area contributed by atoms with Gasteiger partial charge in [-0.1, -0.05) is 58.0 Å². The van der Waals surface area contributed by atoms with E-state index in [9.17, 15) is 0 Å². The Morgan fingerprint density at radius 1 is 0.870 bits per heavy atom. The first-order valence-corrected chi connectivity index (χ1v) is 8.21. The van der Waals surface area contributed by atoms with E-state index in [0.717, 1.165) is 6.42 Å². The largest absolute Gasteiger partial charge is 0.349 e. The van der Waals surface area contributed by atoms with Gasteiger partial charge in [-0.2, -0.15) is 0 Å². The number of hydrogen-bond donors (Lipinski definition) is 0. The van der Waals surface area contributed by atoms with Crippen LogP contribution < -0.4 is 0 Å². The minimum absolute atomic E-state index is 0.274. The molecule has 7 radical (unpaired) electrons. The van der Waals surface area contributed by atoms with E-state index < -0.39 is 0 Å². The van der Waals surface area contributed by atoms with Crippen molar-refractivity contribution in [2.45, 2.75) is 40.2 Å². The van der Waals surface area contributed by atoms with Gasteiger partial charge in [0.1, 0.15) is 0 Å². The van der Waals surface area contributed by atoms with E-state index in [0.29, 0.717) is 0 Å². The van der Waals surface area contributed by atoms with E-state index in [1.807, 2.05) is 11.9 Å². The minimum atomic E-state index is 0.274. The van der Waals surface area contributed by atoms with E-state index in [-0.39, 0.29) is 6.04 Å². The number of benzene rings is 1. The third-order valence-corrected chi connectivity index (χ3v) is 5.23. The van der Waals surface area contributed by atoms with Gasteiger partial charge < -0.3 is 9.80 Å². The van der Waals surface area contributed by atoms with E-state index in [1.165, 1.54) is 35.2 Å². The molecule has 1 aliphatic carbocycles. The Morgan fingerprint density at radius 2 is 1.48 bits per heavy atom. The molecule has 1 aromatic rings. The molecule has 1 atom stereocenters. The predicted octanol–water partition coefficient (Wildman–Crippen LogP) is 4.80. The van der Waals surface area contributed by atoms with Crippen LogP contribution in [0.2, 0.25) is 0 Å². The molecule has 1 saturated carbocycles. The van der Waals surface area contributed by atoms with Crippen molar-refractivity contribution in [2.75, 3.05) is 7.05 Å². The Labute approximate surface area is 142 Å². The first-order chi connectivity index (χ1) is 11.0. The SMILES string of the molecule is C[C]1[C](C)[C](C)[C](CC(c2ccccc2)N2[C]N(C)C=C2)[C]1C. The highest BCUT2D eigenvalue weighted by atomic mass is 15.3. The summed E-state index contributed by atoms with van der Waals surface area (Å²) in [6, 6.07) is 11.0. The molecule has 0 bridgehead atoms. The summed E-state index contributed by atoms with van der Waals surface area (Å²) in [5.41, 5.74) is 1.33. The molecule has 119 valence electrons. The number of nitrogens with zero attached hydrogens (tertiary/aromatic N) is 2. The third kappa shape index (κ3) is 3.13. The third-order valence-electron chi connectivity index (χ3n) is 5.23. The predicted molar refractivity (Wildman–Crippen MR) is 94.7 cm³/mol. The summed E-state index contributed by atoms with van der Waals surface area (Å²) in [7, 11) is 2.02. The molecule has 0 saturated heterocycles. The van der Waals surface area contributed by atoms with Crippen molar-refractivity contribution in [3.63, 3.8) is 0 Å². The van der Waals surface area contributed by atoms with Gasteiger partial charge in [0.15, 0.2) is 0 Å². The lowest BCUT2D eigenvalue weighted by Gasteiger charge is -2.32. The first-order valence-electron chi connectivity index (χ1n) is 8.21. The maximum atomic E-state index is 3.39. The van der Waals surface area contributed by atoms with Crippen molar-refractivity contribution < 1.29 is 0 Å². The summed E-state index contributed by atoms with van der Waals surface area (Å²) in [6.07, 6.45) is 5.17. The highest BCUT2D eigenvalue weighted by Crippen LogP contribution is 2.55. The van der Waals surface area contributed by atoms with Crippen LogP contribution in [0, 0.1) is 36.3 Å². The molecule has 2 aliphatic rings. The quantitative estimate of drug-likeness (QED) is 0.788. The van der Waals surface area contributed by atoms with Crippen LogP contribution in [-0.4, -0.2) is 16.8 Å². The fourth-order valence-corrected chi connectivity index (χ4v) is 3.44. The van der Waals surface area contributed by atoms with Crippen molar-refractivity contribution in [1.82, 2.24) is 9.80 Å². The summed E-state index contributed by atoms with van der Waals surface area (Å²) in [5, 5.41) is 0. The summed E-state index contributed by atoms with van der Waals surface area (Å²) in [5.74, 6) is 7.24. The lowest BCUT2D eigenvalue weighted by molar-refractivity contribution is 0.289. The first kappa shape index (κ1) is 16.4. The van der Waals surface area contributed by atoms with Crippen LogP contribution in [0.4, 0.5) is 0 Å². The van der Waals surface area contributed by atoms with Crippen LogP contribution in [0.1, 0.15) is 45.7 Å². The molecule has 1 aromatic carbocycles. The van der Waals surface area contributed by atoms with E-state index >= 15 is 0 Å². The summed E-state index contributed by atoms with van der Waals surface area (Å²) in [6.45, 7) is 12.4. The Balaban J connectivity index is 1.83. The molecule has 2 nitrogen and oxygen atoms in total. The zero-order valence-electron chi connectivity index (χ0n) is 14.7. The maximum Gasteiger partial charge on any atom is 0.208 e. The molecular weight excluding hydrogens is 280 g/mol. The smallest absolute Gasteiger partial charge is 0.208 e. The van der Waals surface area contributed by atoms with Crippen molar-refractivity contribution in [3.8, 4) is 0 Å². The average molecular weight is 305 g/mol. The molecule has 2 heteroatoms. The van der Waals surface area contributed by atoms with Gasteiger partial charge >= 0.3 is 0 Å². The normalized spacial score (nSPS) is 23.3. The second-order valence-electron chi connectivity index (χ2n) is 6.53. The zero-order valence-corrected chi connectivity index (χ0v) is 14.7. The van der Waals surface area contributed by atoms with Crippen LogP contribution in [-0.2, 0) is 0 Å². The molecule has 1 unspecified atom stereocenters. The number of rotatable bonds is 4. The maximum absolute atomic E-state index is 3.39. The monoisotopic (exact) mass is 305 g/mol. The summed E-state index contributed by atoms with van der Waals surface area (Å²) in [4.78, 5) is 4.18. The van der Waals surface area contributed by atoms with Crippen molar-refractivity contribution in [1.29, 1.82) is 0 Å². The molecule has 0 aromatic heterocycles. The lowest BCUT2D eigenvalue weighted by Crippen LogP contribution is -2.25. The van der Waals surface area contributed by atoms with Gasteiger partial charge in [-0.25, -0.2) is 0 Å². The summed E-state index contributed by atoms with van der Waals surface area (Å²) < 4.78 is 0. The minimum Gasteiger partial charge on any atom is -0.349 e. The second kappa shape index (κ2) is 6.59. The van der Waals surface area contributed by atoms with Crippen molar-refractivity contribution in [2.24, 2.45) is 0 Å². The van der Waals surface area contributed by atoms with Crippen LogP contribution in [0.5, 0.6) is 0 Å². The van der Waals surface area contributed by atoms with Crippen LogP contribution in [0.15, 0.2) is 42.7 Å². The van der Waals surface area contributed by atoms with Crippen LogP contribution in [0.3, 0.4) is 0 Å². The van der Waals surface area contributed by atoms with E-state index in [1.54, 1.807) is 0 Å². The highest BCUT2D eigenvalue weighted by molar-refractivity contribution is 5.59. The molecule has 1 heterocycles. The zero-order chi connectivity index (χ0) is 16.6. The van der Waals surface area contributed by atoms with Crippen molar-refractivity contribution in [3.05, 3.63) is 84.6 Å². The molecular formula is C21H25N2. The fourth-order valence-electron chi connectivity index (χ4n) is 3.44. The van der Waals surface area contributed by atoms with E-state index in [4.69, 9.17) is 0 Å². The molecule has 1 aliphatic heterocycles. The van der Waals surface area contributed by atoms with Gasteiger partial charge in [0, 0.05) is 19.4 Å². The van der Waals surface area contributed by atoms with Gasteiger partial charge in [0.25, 0.3) is 0 Å². The van der Waals surface area contributed by atoms with Gasteiger partial charge in [-0.05, 0) is 41.6 Å². The Morgan fingerprint density at radius 3 is 2.00 bits per heavy atom. The van der Waals surface area contributed by atoms with Gasteiger partial charge in [0.2, 0.25) is 6.67 Å². The van der Waals surface area contributed by atoms with Gasteiger partial charge in [-0.3, -0.25) is 0 Å². The van der Waals surface area contributed by atoms with Crippen molar-refractivity contribution >= 4 is 0 Å². The Hall–Kier alpha value is -1.44. The average Bonchev–Trinajstić information content (AvgIpc) is 3.06. The lowest BCUT2D eigenvalue weighted by atomic mass is 9.82. The summed E-state index contributed by atoms with van der Waals surface area (Å²) >= 11 is 0. The highest BCUT2D eigenvalue weighted by Gasteiger charge is 2.44. The van der Waals surface area contributed by atoms with Gasteiger partial charge in [-0.15, -0.1) is 0 Å². The number of hydrogen-bond acceptors (Lipinski definition) is 2. The molecule has 3 rings (SSSR count). The fraction of sp³-hybridized carbons (Fsp3) is 0.333. The Kier molecular flexibility index (Phi) is 4.70. The van der Waals surface area contributed by atoms with Gasteiger partial charge in [0.05, 0.1) is 6.04 Å². The van der Waals surface area contributed by atoms with Crippen LogP contribution in [0.25, 0.3) is 0 Å². The topological polar surface area (TPSA) is 6.48 Å². The second-order valence-corrected chi connectivity index (χ2v) is 6.53. The molecule has 0 spiro atoms.